The van der Waals surface area contributed by atoms with E-state index in [1.54, 1.807) is 0 Å². The monoisotopic (exact) mass is 512 g/mol. The lowest BCUT2D eigenvalue weighted by Gasteiger charge is -2.33. The third kappa shape index (κ3) is 9.15. The molecule has 2 nitrogen and oxygen atoms in total. The summed E-state index contributed by atoms with van der Waals surface area (Å²) in [5.74, 6) is 0.942. The van der Waals surface area contributed by atoms with Crippen LogP contribution in [0.15, 0.2) is 72.8 Å². The molecular formula is C36H48O2. The molecule has 0 radical (unpaired) electrons. The molecule has 0 aromatic heterocycles. The molecule has 0 aliphatic carbocycles. The molecule has 0 spiro atoms. The van der Waals surface area contributed by atoms with Gasteiger partial charge in [0.05, 0.1) is 6.61 Å². The van der Waals surface area contributed by atoms with Crippen molar-refractivity contribution in [3.63, 3.8) is 0 Å². The average Bonchev–Trinajstić information content (AvgIpc) is 2.88. The number of hydrogen-bond acceptors (Lipinski definition) is 2. The molecule has 0 saturated carbocycles. The van der Waals surface area contributed by atoms with Gasteiger partial charge in [-0.15, -0.1) is 0 Å². The zero-order chi connectivity index (χ0) is 27.6. The second kappa shape index (κ2) is 13.8. The van der Waals surface area contributed by atoms with E-state index in [4.69, 9.17) is 4.74 Å². The van der Waals surface area contributed by atoms with E-state index in [0.717, 1.165) is 30.6 Å². The fraction of sp³-hybridized carbons (Fsp3) is 0.472. The Kier molecular flexibility index (Phi) is 10.8. The molecule has 0 saturated heterocycles. The summed E-state index contributed by atoms with van der Waals surface area (Å²) in [6.45, 7) is 14.6. The highest BCUT2D eigenvalue weighted by atomic mass is 16.5. The highest BCUT2D eigenvalue weighted by Gasteiger charge is 2.27. The second-order valence-corrected chi connectivity index (χ2v) is 12.6. The smallest absolute Gasteiger partial charge is 0.193 e. The Morgan fingerprint density at radius 2 is 1.45 bits per heavy atom. The lowest BCUT2D eigenvalue weighted by molar-refractivity contribution is 0.103. The zero-order valence-electron chi connectivity index (χ0n) is 24.6. The van der Waals surface area contributed by atoms with Gasteiger partial charge in [-0.05, 0) is 58.6 Å². The Hall–Kier alpha value is -2.87. The zero-order valence-corrected chi connectivity index (χ0v) is 24.6. The summed E-state index contributed by atoms with van der Waals surface area (Å²) in [7, 11) is 0. The summed E-state index contributed by atoms with van der Waals surface area (Å²) in [6.07, 6.45) is 9.26. The fourth-order valence-electron chi connectivity index (χ4n) is 5.57. The van der Waals surface area contributed by atoms with Crippen molar-refractivity contribution in [1.82, 2.24) is 0 Å². The fourth-order valence-corrected chi connectivity index (χ4v) is 5.57. The van der Waals surface area contributed by atoms with Crippen molar-refractivity contribution >= 4 is 5.78 Å². The normalized spacial score (nSPS) is 11.9. The molecular weight excluding hydrogens is 464 g/mol. The molecule has 0 aliphatic heterocycles. The molecule has 0 fully saturated rings. The van der Waals surface area contributed by atoms with Gasteiger partial charge in [0.15, 0.2) is 5.78 Å². The molecule has 0 amide bonds. The van der Waals surface area contributed by atoms with Crippen LogP contribution in [0.4, 0.5) is 0 Å². The van der Waals surface area contributed by atoms with E-state index < -0.39 is 0 Å². The maximum absolute atomic E-state index is 13.2. The van der Waals surface area contributed by atoms with E-state index in [-0.39, 0.29) is 16.6 Å². The molecule has 3 aromatic carbocycles. The Morgan fingerprint density at radius 1 is 0.737 bits per heavy atom. The predicted molar refractivity (Wildman–Crippen MR) is 162 cm³/mol. The lowest BCUT2D eigenvalue weighted by atomic mass is 9.72. The van der Waals surface area contributed by atoms with Crippen molar-refractivity contribution < 1.29 is 9.53 Å². The Morgan fingerprint density at radius 3 is 2.16 bits per heavy atom. The summed E-state index contributed by atoms with van der Waals surface area (Å²) >= 11 is 0. The average molecular weight is 513 g/mol. The van der Waals surface area contributed by atoms with Crippen molar-refractivity contribution in [2.75, 3.05) is 6.61 Å². The molecule has 3 rings (SSSR count). The van der Waals surface area contributed by atoms with Gasteiger partial charge in [-0.25, -0.2) is 0 Å². The Labute approximate surface area is 231 Å². The summed E-state index contributed by atoms with van der Waals surface area (Å²) in [6, 6.07) is 24.4. The SMILES string of the molecule is CCCCCCCCOc1ccc(C(=O)c2ccccc2)cc1Cc1cccc(C(C)(C)CC(C)(C)C)c1. The van der Waals surface area contributed by atoms with Crippen LogP contribution in [0, 0.1) is 5.41 Å². The molecule has 0 aliphatic rings. The molecule has 0 unspecified atom stereocenters. The first-order valence-electron chi connectivity index (χ1n) is 14.5. The van der Waals surface area contributed by atoms with Gasteiger partial charge in [-0.2, -0.15) is 0 Å². The predicted octanol–water partition coefficient (Wildman–Crippen LogP) is 9.96. The van der Waals surface area contributed by atoms with Gasteiger partial charge in [0.25, 0.3) is 0 Å². The molecule has 0 heterocycles. The molecule has 0 bridgehead atoms. The van der Waals surface area contributed by atoms with E-state index in [1.165, 1.54) is 43.2 Å². The third-order valence-corrected chi connectivity index (χ3v) is 7.19. The Bertz CT molecular complexity index is 1150. The van der Waals surface area contributed by atoms with Crippen molar-refractivity contribution in [3.05, 3.63) is 101 Å². The summed E-state index contributed by atoms with van der Waals surface area (Å²) in [5.41, 5.74) is 5.44. The summed E-state index contributed by atoms with van der Waals surface area (Å²) in [4.78, 5) is 13.2. The molecule has 2 heteroatoms. The quantitative estimate of drug-likeness (QED) is 0.159. The van der Waals surface area contributed by atoms with Gasteiger partial charge >= 0.3 is 0 Å². The van der Waals surface area contributed by atoms with Crippen LogP contribution in [0.25, 0.3) is 0 Å². The third-order valence-electron chi connectivity index (χ3n) is 7.19. The van der Waals surface area contributed by atoms with Crippen LogP contribution in [0.2, 0.25) is 0 Å². The largest absolute Gasteiger partial charge is 0.493 e. The molecule has 0 N–H and O–H groups in total. The first-order chi connectivity index (χ1) is 18.1. The number of unbranched alkanes of at least 4 members (excludes halogenated alkanes) is 5. The van der Waals surface area contributed by atoms with Crippen molar-refractivity contribution in [2.24, 2.45) is 5.41 Å². The minimum absolute atomic E-state index is 0.0504. The van der Waals surface area contributed by atoms with Crippen LogP contribution in [0.1, 0.15) is 119 Å². The second-order valence-electron chi connectivity index (χ2n) is 12.6. The lowest BCUT2D eigenvalue weighted by Crippen LogP contribution is -2.24. The van der Waals surface area contributed by atoms with E-state index in [1.807, 2.05) is 48.5 Å². The first kappa shape index (κ1) is 29.7. The number of rotatable bonds is 14. The number of hydrogen-bond donors (Lipinski definition) is 0. The maximum atomic E-state index is 13.2. The van der Waals surface area contributed by atoms with Gasteiger partial charge in [-0.3, -0.25) is 4.79 Å². The number of ketones is 1. The van der Waals surface area contributed by atoms with Gasteiger partial charge in [0.1, 0.15) is 5.75 Å². The summed E-state index contributed by atoms with van der Waals surface area (Å²) < 4.78 is 6.31. The van der Waals surface area contributed by atoms with Crippen molar-refractivity contribution in [3.8, 4) is 5.75 Å². The first-order valence-corrected chi connectivity index (χ1v) is 14.5. The van der Waals surface area contributed by atoms with Crippen LogP contribution >= 0.6 is 0 Å². The van der Waals surface area contributed by atoms with Crippen LogP contribution in [-0.4, -0.2) is 12.4 Å². The highest BCUT2D eigenvalue weighted by Crippen LogP contribution is 2.37. The standard InChI is InChI=1S/C36H48O2/c1-7-8-9-10-11-15-23-38-33-22-21-30(34(37)29-18-13-12-14-19-29)26-31(33)24-28-17-16-20-32(25-28)36(5,6)27-35(2,3)4/h12-14,16-22,25-26H,7-11,15,23-24,27H2,1-6H3. The van der Waals surface area contributed by atoms with E-state index in [0.29, 0.717) is 17.7 Å². The minimum atomic E-state index is 0.0504. The van der Waals surface area contributed by atoms with Crippen molar-refractivity contribution in [1.29, 1.82) is 0 Å². The van der Waals surface area contributed by atoms with Crippen LogP contribution < -0.4 is 4.74 Å². The van der Waals surface area contributed by atoms with Gasteiger partial charge in [0.2, 0.25) is 0 Å². The number of carbonyl (C=O) groups is 1. The Balaban J connectivity index is 1.83. The molecule has 204 valence electrons. The van der Waals surface area contributed by atoms with E-state index >= 15 is 0 Å². The number of carbonyl (C=O) groups excluding carboxylic acids is 1. The van der Waals surface area contributed by atoms with Crippen LogP contribution in [-0.2, 0) is 11.8 Å². The van der Waals surface area contributed by atoms with Crippen LogP contribution in [0.3, 0.4) is 0 Å². The maximum Gasteiger partial charge on any atom is 0.193 e. The summed E-state index contributed by atoms with van der Waals surface area (Å²) in [5, 5.41) is 0. The molecule has 0 atom stereocenters. The van der Waals surface area contributed by atoms with Gasteiger partial charge in [-0.1, -0.05) is 128 Å². The number of benzene rings is 3. The topological polar surface area (TPSA) is 26.3 Å². The number of ether oxygens (including phenoxy) is 1. The van der Waals surface area contributed by atoms with E-state index in [2.05, 4.69) is 65.8 Å². The van der Waals surface area contributed by atoms with Crippen molar-refractivity contribution in [2.45, 2.75) is 98.3 Å². The minimum Gasteiger partial charge on any atom is -0.493 e. The van der Waals surface area contributed by atoms with Crippen LogP contribution in [0.5, 0.6) is 5.75 Å². The molecule has 38 heavy (non-hydrogen) atoms. The van der Waals surface area contributed by atoms with Gasteiger partial charge in [0, 0.05) is 17.5 Å². The van der Waals surface area contributed by atoms with Gasteiger partial charge < -0.3 is 4.74 Å². The molecule has 3 aromatic rings. The van der Waals surface area contributed by atoms with E-state index in [9.17, 15) is 4.79 Å². The highest BCUT2D eigenvalue weighted by molar-refractivity contribution is 6.09.